The van der Waals surface area contributed by atoms with Gasteiger partial charge in [0.05, 0.1) is 0 Å². The Morgan fingerprint density at radius 1 is 1.50 bits per heavy atom. The van der Waals surface area contributed by atoms with Gasteiger partial charge in [0, 0.05) is 6.54 Å². The lowest BCUT2D eigenvalue weighted by atomic mass is 10.2. The summed E-state index contributed by atoms with van der Waals surface area (Å²) in [6.45, 7) is 1.76. The summed E-state index contributed by atoms with van der Waals surface area (Å²) in [6.07, 6.45) is 4.10. The van der Waals surface area contributed by atoms with Crippen LogP contribution in [0.25, 0.3) is 0 Å². The molecule has 12 heavy (non-hydrogen) atoms. The number of nitrogens with zero attached hydrogens (tertiary/aromatic N) is 4. The molecule has 5 heteroatoms. The number of hydrogen-bond donors (Lipinski definition) is 1. The maximum absolute atomic E-state index is 5.53. The smallest absolute Gasteiger partial charge is 0.138 e. The van der Waals surface area contributed by atoms with Crippen LogP contribution in [0.2, 0.25) is 0 Å². The Kier molecular flexibility index (Phi) is 2.03. The van der Waals surface area contributed by atoms with Crippen molar-refractivity contribution in [1.82, 2.24) is 20.2 Å². The minimum absolute atomic E-state index is 0.765. The molecular weight excluding hydrogens is 154 g/mol. The molecule has 0 aromatic carbocycles. The van der Waals surface area contributed by atoms with Crippen LogP contribution in [0.5, 0.6) is 0 Å². The van der Waals surface area contributed by atoms with E-state index in [4.69, 9.17) is 5.73 Å². The van der Waals surface area contributed by atoms with Crippen LogP contribution in [-0.2, 0) is 6.54 Å². The van der Waals surface area contributed by atoms with Gasteiger partial charge in [-0.25, -0.2) is 4.68 Å². The first kappa shape index (κ1) is 7.67. The quantitative estimate of drug-likeness (QED) is 0.666. The molecule has 0 aliphatic heterocycles. The number of tetrazole rings is 1. The maximum Gasteiger partial charge on any atom is 0.138 e. The highest BCUT2D eigenvalue weighted by molar-refractivity contribution is 4.86. The second-order valence-corrected chi connectivity index (χ2v) is 3.35. The summed E-state index contributed by atoms with van der Waals surface area (Å²) >= 11 is 0. The lowest BCUT2D eigenvalue weighted by Gasteiger charge is -1.97. The van der Waals surface area contributed by atoms with Gasteiger partial charge in [-0.1, -0.05) is 0 Å². The maximum atomic E-state index is 5.53. The number of rotatable bonds is 4. The van der Waals surface area contributed by atoms with E-state index >= 15 is 0 Å². The topological polar surface area (TPSA) is 69.6 Å². The van der Waals surface area contributed by atoms with Crippen LogP contribution in [0.15, 0.2) is 6.33 Å². The average molecular weight is 167 g/mol. The van der Waals surface area contributed by atoms with Crippen LogP contribution < -0.4 is 5.73 Å². The lowest BCUT2D eigenvalue weighted by Crippen LogP contribution is -2.05. The SMILES string of the molecule is NC[C@@H]1C[C@H]1CCn1cnnn1. The number of hydrogen-bond acceptors (Lipinski definition) is 4. The van der Waals surface area contributed by atoms with Gasteiger partial charge in [-0.15, -0.1) is 5.10 Å². The highest BCUT2D eigenvalue weighted by Crippen LogP contribution is 2.40. The minimum Gasteiger partial charge on any atom is -0.330 e. The lowest BCUT2D eigenvalue weighted by molar-refractivity contribution is 0.513. The Balaban J connectivity index is 1.71. The molecule has 0 saturated heterocycles. The zero-order chi connectivity index (χ0) is 8.39. The third-order valence-corrected chi connectivity index (χ3v) is 2.49. The predicted octanol–water partition coefficient (Wildman–Crippen LogP) is -0.342. The molecule has 1 aromatic heterocycles. The molecule has 0 amide bonds. The summed E-state index contributed by atoms with van der Waals surface area (Å²) in [7, 11) is 0. The first-order valence-electron chi connectivity index (χ1n) is 4.31. The molecule has 2 atom stereocenters. The molecular formula is C7H13N5. The van der Waals surface area contributed by atoms with Crippen LogP contribution in [0.3, 0.4) is 0 Å². The third-order valence-electron chi connectivity index (χ3n) is 2.49. The molecule has 1 heterocycles. The summed E-state index contributed by atoms with van der Waals surface area (Å²) in [4.78, 5) is 0. The first-order valence-corrected chi connectivity index (χ1v) is 4.31. The van der Waals surface area contributed by atoms with Crippen LogP contribution in [0.1, 0.15) is 12.8 Å². The standard InChI is InChI=1S/C7H13N5/c8-4-7-3-6(7)1-2-12-5-9-10-11-12/h5-7H,1-4,8H2/t6-,7+/m1/s1. The average Bonchev–Trinajstić information content (AvgIpc) is 2.67. The molecule has 1 aliphatic rings. The first-order chi connectivity index (χ1) is 5.90. The van der Waals surface area contributed by atoms with E-state index in [1.54, 1.807) is 11.0 Å². The van der Waals surface area contributed by atoms with E-state index in [0.29, 0.717) is 0 Å². The van der Waals surface area contributed by atoms with Crippen molar-refractivity contribution in [1.29, 1.82) is 0 Å². The van der Waals surface area contributed by atoms with Gasteiger partial charge in [0.25, 0.3) is 0 Å². The number of nitrogens with two attached hydrogens (primary N) is 1. The zero-order valence-electron chi connectivity index (χ0n) is 6.93. The fourth-order valence-electron chi connectivity index (χ4n) is 1.53. The van der Waals surface area contributed by atoms with E-state index in [9.17, 15) is 0 Å². The molecule has 5 nitrogen and oxygen atoms in total. The van der Waals surface area contributed by atoms with Crippen molar-refractivity contribution in [2.24, 2.45) is 17.6 Å². The molecule has 0 radical (unpaired) electrons. The van der Waals surface area contributed by atoms with Gasteiger partial charge in [0.2, 0.25) is 0 Å². The summed E-state index contributed by atoms with van der Waals surface area (Å²) in [5, 5.41) is 10.9. The molecule has 66 valence electrons. The van der Waals surface area contributed by atoms with Gasteiger partial charge in [0.1, 0.15) is 6.33 Å². The molecule has 0 unspecified atom stereocenters. The highest BCUT2D eigenvalue weighted by atomic mass is 15.5. The van der Waals surface area contributed by atoms with Crippen molar-refractivity contribution in [3.63, 3.8) is 0 Å². The molecule has 2 N–H and O–H groups in total. The van der Waals surface area contributed by atoms with E-state index in [0.717, 1.165) is 31.3 Å². The number of aromatic nitrogens is 4. The van der Waals surface area contributed by atoms with Crippen LogP contribution >= 0.6 is 0 Å². The molecule has 2 rings (SSSR count). The Morgan fingerprint density at radius 3 is 3.00 bits per heavy atom. The summed E-state index contributed by atoms with van der Waals surface area (Å²) in [5.74, 6) is 1.58. The largest absolute Gasteiger partial charge is 0.330 e. The van der Waals surface area contributed by atoms with Gasteiger partial charge in [-0.05, 0) is 41.6 Å². The summed E-state index contributed by atoms with van der Waals surface area (Å²) < 4.78 is 1.77. The van der Waals surface area contributed by atoms with Crippen LogP contribution in [0, 0.1) is 11.8 Å². The van der Waals surface area contributed by atoms with Crippen molar-refractivity contribution in [2.45, 2.75) is 19.4 Å². The Morgan fingerprint density at radius 2 is 2.42 bits per heavy atom. The Labute approximate surface area is 70.9 Å². The van der Waals surface area contributed by atoms with Crippen LogP contribution in [0.4, 0.5) is 0 Å². The molecule has 0 spiro atoms. The fraction of sp³-hybridized carbons (Fsp3) is 0.857. The predicted molar refractivity (Wildman–Crippen MR) is 43.1 cm³/mol. The minimum atomic E-state index is 0.765. The van der Waals surface area contributed by atoms with E-state index in [-0.39, 0.29) is 0 Å². The monoisotopic (exact) mass is 167 g/mol. The molecule has 1 aliphatic carbocycles. The number of aryl methyl sites for hydroxylation is 1. The van der Waals surface area contributed by atoms with Crippen molar-refractivity contribution in [2.75, 3.05) is 6.54 Å². The van der Waals surface area contributed by atoms with Crippen molar-refractivity contribution >= 4 is 0 Å². The highest BCUT2D eigenvalue weighted by Gasteiger charge is 2.34. The Hall–Kier alpha value is -0.970. The second-order valence-electron chi connectivity index (χ2n) is 3.35. The van der Waals surface area contributed by atoms with Crippen molar-refractivity contribution in [3.05, 3.63) is 6.33 Å². The van der Waals surface area contributed by atoms with Gasteiger partial charge in [-0.2, -0.15) is 0 Å². The van der Waals surface area contributed by atoms with E-state index in [1.165, 1.54) is 6.42 Å². The van der Waals surface area contributed by atoms with Gasteiger partial charge < -0.3 is 5.73 Å². The van der Waals surface area contributed by atoms with Gasteiger partial charge >= 0.3 is 0 Å². The molecule has 1 aromatic rings. The van der Waals surface area contributed by atoms with E-state index in [1.807, 2.05) is 0 Å². The fourth-order valence-corrected chi connectivity index (χ4v) is 1.53. The molecule has 0 bridgehead atoms. The van der Waals surface area contributed by atoms with Gasteiger partial charge in [-0.3, -0.25) is 0 Å². The van der Waals surface area contributed by atoms with E-state index in [2.05, 4.69) is 15.5 Å². The van der Waals surface area contributed by atoms with E-state index < -0.39 is 0 Å². The molecule has 1 fully saturated rings. The normalized spacial score (nSPS) is 27.4. The van der Waals surface area contributed by atoms with Crippen LogP contribution in [-0.4, -0.2) is 26.8 Å². The van der Waals surface area contributed by atoms with Gasteiger partial charge in [0.15, 0.2) is 0 Å². The Bertz CT molecular complexity index is 232. The van der Waals surface area contributed by atoms with Crippen molar-refractivity contribution < 1.29 is 0 Å². The zero-order valence-corrected chi connectivity index (χ0v) is 6.93. The van der Waals surface area contributed by atoms with Crippen molar-refractivity contribution in [3.8, 4) is 0 Å². The molecule has 1 saturated carbocycles. The summed E-state index contributed by atoms with van der Waals surface area (Å²) in [6, 6.07) is 0. The second kappa shape index (κ2) is 3.18. The summed E-state index contributed by atoms with van der Waals surface area (Å²) in [5.41, 5.74) is 5.53. The third kappa shape index (κ3) is 1.61.